The number of hydrogen-bond acceptors (Lipinski definition) is 5. The van der Waals surface area contributed by atoms with E-state index in [9.17, 15) is 4.79 Å². The molecule has 2 rings (SSSR count). The highest BCUT2D eigenvalue weighted by Gasteiger charge is 2.09. The zero-order chi connectivity index (χ0) is 15.2. The van der Waals surface area contributed by atoms with Gasteiger partial charge in [0.1, 0.15) is 10.8 Å². The van der Waals surface area contributed by atoms with Crippen LogP contribution in [0.2, 0.25) is 0 Å². The molecule has 0 spiro atoms. The average Bonchev–Trinajstić information content (AvgIpc) is 2.94. The predicted octanol–water partition coefficient (Wildman–Crippen LogP) is 3.32. The van der Waals surface area contributed by atoms with Crippen molar-refractivity contribution in [1.82, 2.24) is 10.2 Å². The summed E-state index contributed by atoms with van der Waals surface area (Å²) in [6.07, 6.45) is 3.16. The van der Waals surface area contributed by atoms with Gasteiger partial charge in [-0.3, -0.25) is 10.1 Å². The summed E-state index contributed by atoms with van der Waals surface area (Å²) in [5.41, 5.74) is 0.843. The third-order valence-electron chi connectivity index (χ3n) is 2.72. The van der Waals surface area contributed by atoms with E-state index in [1.165, 1.54) is 17.4 Å². The van der Waals surface area contributed by atoms with Gasteiger partial charge < -0.3 is 4.74 Å². The quantitative estimate of drug-likeness (QED) is 0.861. The number of benzene rings is 1. The monoisotopic (exact) mass is 303 g/mol. The summed E-state index contributed by atoms with van der Waals surface area (Å²) in [4.78, 5) is 11.9. The van der Waals surface area contributed by atoms with Crippen molar-refractivity contribution >= 4 is 28.5 Å². The maximum absolute atomic E-state index is 11.9. The van der Waals surface area contributed by atoms with Crippen LogP contribution in [0.5, 0.6) is 5.75 Å². The van der Waals surface area contributed by atoms with Gasteiger partial charge >= 0.3 is 0 Å². The van der Waals surface area contributed by atoms with Crippen molar-refractivity contribution in [3.63, 3.8) is 0 Å². The number of methoxy groups -OCH3 is 1. The Bertz CT molecular complexity index is 650. The van der Waals surface area contributed by atoms with E-state index in [2.05, 4.69) is 15.5 Å². The normalized spacial score (nSPS) is 11.0. The Kier molecular flexibility index (Phi) is 5.05. The van der Waals surface area contributed by atoms with Crippen molar-refractivity contribution < 1.29 is 9.53 Å². The van der Waals surface area contributed by atoms with Crippen LogP contribution in [-0.2, 0) is 4.79 Å². The van der Waals surface area contributed by atoms with Crippen LogP contribution in [0.4, 0.5) is 5.13 Å². The average molecular weight is 303 g/mol. The molecule has 0 fully saturated rings. The van der Waals surface area contributed by atoms with Crippen molar-refractivity contribution in [2.75, 3.05) is 12.4 Å². The lowest BCUT2D eigenvalue weighted by Crippen LogP contribution is -2.07. The van der Waals surface area contributed by atoms with Crippen LogP contribution in [0.3, 0.4) is 0 Å². The van der Waals surface area contributed by atoms with E-state index >= 15 is 0 Å². The zero-order valence-electron chi connectivity index (χ0n) is 12.2. The van der Waals surface area contributed by atoms with Crippen LogP contribution in [-0.4, -0.2) is 23.2 Å². The summed E-state index contributed by atoms with van der Waals surface area (Å²) < 4.78 is 5.22. The molecule has 1 aromatic carbocycles. The highest BCUT2D eigenvalue weighted by molar-refractivity contribution is 7.15. The van der Waals surface area contributed by atoms with E-state index in [4.69, 9.17) is 4.74 Å². The van der Waals surface area contributed by atoms with Gasteiger partial charge in [0.05, 0.1) is 7.11 Å². The van der Waals surface area contributed by atoms with Gasteiger partial charge in [-0.2, -0.15) is 0 Å². The maximum Gasteiger partial charge on any atom is 0.250 e. The summed E-state index contributed by atoms with van der Waals surface area (Å²) in [5.74, 6) is 0.782. The van der Waals surface area contributed by atoms with Crippen molar-refractivity contribution in [2.45, 2.75) is 19.8 Å². The number of aromatic nitrogens is 2. The smallest absolute Gasteiger partial charge is 0.250 e. The van der Waals surface area contributed by atoms with Gasteiger partial charge in [-0.25, -0.2) is 0 Å². The molecular formula is C15H17N3O2S. The summed E-state index contributed by atoms with van der Waals surface area (Å²) in [5, 5.41) is 12.1. The molecule has 0 saturated carbocycles. The molecule has 0 aliphatic carbocycles. The topological polar surface area (TPSA) is 64.1 Å². The molecule has 21 heavy (non-hydrogen) atoms. The number of anilines is 1. The van der Waals surface area contributed by atoms with Crippen LogP contribution in [0.25, 0.3) is 6.08 Å². The Hall–Kier alpha value is -2.21. The first-order chi connectivity index (χ1) is 10.1. The first-order valence-electron chi connectivity index (χ1n) is 6.55. The van der Waals surface area contributed by atoms with Gasteiger partial charge in [0, 0.05) is 17.6 Å². The molecule has 0 aliphatic heterocycles. The lowest BCUT2D eigenvalue weighted by molar-refractivity contribution is -0.111. The molecule has 1 amide bonds. The van der Waals surface area contributed by atoms with E-state index < -0.39 is 0 Å². The zero-order valence-corrected chi connectivity index (χ0v) is 13.0. The van der Waals surface area contributed by atoms with E-state index in [-0.39, 0.29) is 5.91 Å². The Morgan fingerprint density at radius 3 is 2.76 bits per heavy atom. The number of nitrogens with zero attached hydrogens (tertiary/aromatic N) is 2. The fraction of sp³-hybridized carbons (Fsp3) is 0.267. The molecule has 110 valence electrons. The Labute approximate surface area is 127 Å². The van der Waals surface area contributed by atoms with E-state index in [0.717, 1.165) is 16.3 Å². The number of hydrogen-bond donors (Lipinski definition) is 1. The molecule has 1 aromatic heterocycles. The van der Waals surface area contributed by atoms with E-state index in [1.54, 1.807) is 13.2 Å². The number of ether oxygens (including phenoxy) is 1. The van der Waals surface area contributed by atoms with Crippen LogP contribution in [0.15, 0.2) is 30.3 Å². The highest BCUT2D eigenvalue weighted by Crippen LogP contribution is 2.22. The Morgan fingerprint density at radius 2 is 2.10 bits per heavy atom. The van der Waals surface area contributed by atoms with Gasteiger partial charge in [0.2, 0.25) is 11.0 Å². The maximum atomic E-state index is 11.9. The number of carbonyl (C=O) groups is 1. The highest BCUT2D eigenvalue weighted by atomic mass is 32.1. The van der Waals surface area contributed by atoms with E-state index in [0.29, 0.717) is 11.0 Å². The largest absolute Gasteiger partial charge is 0.496 e. The molecule has 1 heterocycles. The van der Waals surface area contributed by atoms with Gasteiger partial charge in [-0.15, -0.1) is 10.2 Å². The number of carbonyl (C=O) groups excluding carboxylic acids is 1. The minimum atomic E-state index is -0.243. The number of para-hydroxylation sites is 1. The Morgan fingerprint density at radius 1 is 1.33 bits per heavy atom. The van der Waals surface area contributed by atoms with Gasteiger partial charge in [0.15, 0.2) is 0 Å². The number of amides is 1. The molecular weight excluding hydrogens is 286 g/mol. The minimum absolute atomic E-state index is 0.243. The Balaban J connectivity index is 2.02. The van der Waals surface area contributed by atoms with Crippen LogP contribution < -0.4 is 10.1 Å². The second-order valence-corrected chi connectivity index (χ2v) is 5.67. The summed E-state index contributed by atoms with van der Waals surface area (Å²) >= 11 is 1.39. The van der Waals surface area contributed by atoms with Crippen molar-refractivity contribution in [2.24, 2.45) is 0 Å². The summed E-state index contributed by atoms with van der Waals surface area (Å²) in [6, 6.07) is 7.49. The summed E-state index contributed by atoms with van der Waals surface area (Å²) in [7, 11) is 1.60. The van der Waals surface area contributed by atoms with Crippen molar-refractivity contribution in [3.8, 4) is 5.75 Å². The van der Waals surface area contributed by atoms with Crippen molar-refractivity contribution in [1.29, 1.82) is 0 Å². The lowest BCUT2D eigenvalue weighted by atomic mass is 10.2. The second kappa shape index (κ2) is 6.99. The molecule has 0 saturated heterocycles. The standard InChI is InChI=1S/C15H17N3O2S/c1-10(2)14-17-18-15(21-14)16-13(19)9-8-11-6-4-5-7-12(11)20-3/h4-10H,1-3H3,(H,16,18,19). The van der Waals surface area contributed by atoms with Crippen LogP contribution >= 0.6 is 11.3 Å². The molecule has 5 nitrogen and oxygen atoms in total. The van der Waals surface area contributed by atoms with Gasteiger partial charge in [0.25, 0.3) is 0 Å². The minimum Gasteiger partial charge on any atom is -0.496 e. The third kappa shape index (κ3) is 4.13. The van der Waals surface area contributed by atoms with Gasteiger partial charge in [-0.05, 0) is 12.1 Å². The summed E-state index contributed by atoms with van der Waals surface area (Å²) in [6.45, 7) is 4.07. The first-order valence-corrected chi connectivity index (χ1v) is 7.37. The SMILES string of the molecule is COc1ccccc1C=CC(=O)Nc1nnc(C(C)C)s1. The van der Waals surface area contributed by atoms with Gasteiger partial charge in [-0.1, -0.05) is 43.4 Å². The lowest BCUT2D eigenvalue weighted by Gasteiger charge is -2.03. The van der Waals surface area contributed by atoms with Crippen LogP contribution in [0, 0.1) is 0 Å². The number of rotatable bonds is 5. The first kappa shape index (κ1) is 15.2. The molecule has 0 radical (unpaired) electrons. The van der Waals surface area contributed by atoms with Crippen LogP contribution in [0.1, 0.15) is 30.3 Å². The third-order valence-corrected chi connectivity index (χ3v) is 3.86. The molecule has 0 atom stereocenters. The molecule has 1 N–H and O–H groups in total. The number of nitrogens with one attached hydrogen (secondary N) is 1. The molecule has 0 aliphatic rings. The fourth-order valence-electron chi connectivity index (χ4n) is 1.64. The molecule has 2 aromatic rings. The molecule has 6 heteroatoms. The predicted molar refractivity (Wildman–Crippen MR) is 84.7 cm³/mol. The van der Waals surface area contributed by atoms with Crippen molar-refractivity contribution in [3.05, 3.63) is 40.9 Å². The molecule has 0 bridgehead atoms. The fourth-order valence-corrected chi connectivity index (χ4v) is 2.38. The van der Waals surface area contributed by atoms with E-state index in [1.807, 2.05) is 38.1 Å². The second-order valence-electron chi connectivity index (χ2n) is 4.66. The molecule has 0 unspecified atom stereocenters.